The Kier molecular flexibility index (Phi) is 3.17. The highest BCUT2D eigenvalue weighted by atomic mass is 32.2. The molecule has 0 aliphatic heterocycles. The van der Waals surface area contributed by atoms with Crippen LogP contribution in [0.3, 0.4) is 0 Å². The van der Waals surface area contributed by atoms with Gasteiger partial charge in [-0.15, -0.1) is 11.8 Å². The largest absolute Gasteiger partial charge is 0.206 e. The summed E-state index contributed by atoms with van der Waals surface area (Å²) in [6.45, 7) is 6.19. The van der Waals surface area contributed by atoms with Gasteiger partial charge in [0.05, 0.1) is 5.56 Å². The van der Waals surface area contributed by atoms with Crippen LogP contribution in [0.5, 0.6) is 0 Å². The maximum absolute atomic E-state index is 13.2. The predicted octanol–water partition coefficient (Wildman–Crippen LogP) is 3.59. The SMILES string of the molecule is CC(C)(C)Sc1ccc(C#N)c(F)c1. The maximum Gasteiger partial charge on any atom is 0.142 e. The average molecular weight is 209 g/mol. The Labute approximate surface area is 87.9 Å². The van der Waals surface area contributed by atoms with Crippen molar-refractivity contribution in [1.29, 1.82) is 5.26 Å². The van der Waals surface area contributed by atoms with Crippen molar-refractivity contribution in [2.75, 3.05) is 0 Å². The molecule has 0 spiro atoms. The fourth-order valence-corrected chi connectivity index (χ4v) is 2.01. The number of rotatable bonds is 1. The lowest BCUT2D eigenvalue weighted by atomic mass is 10.2. The molecule has 1 aromatic carbocycles. The van der Waals surface area contributed by atoms with E-state index in [9.17, 15) is 4.39 Å². The Morgan fingerprint density at radius 3 is 2.43 bits per heavy atom. The van der Waals surface area contributed by atoms with Gasteiger partial charge in [-0.2, -0.15) is 5.26 Å². The smallest absolute Gasteiger partial charge is 0.142 e. The summed E-state index contributed by atoms with van der Waals surface area (Å²) in [6.07, 6.45) is 0. The molecule has 0 heterocycles. The Morgan fingerprint density at radius 2 is 2.00 bits per heavy atom. The van der Waals surface area contributed by atoms with Gasteiger partial charge in [0, 0.05) is 9.64 Å². The van der Waals surface area contributed by atoms with E-state index >= 15 is 0 Å². The molecule has 74 valence electrons. The number of hydrogen-bond donors (Lipinski definition) is 0. The third-order valence-corrected chi connectivity index (χ3v) is 2.59. The topological polar surface area (TPSA) is 23.8 Å². The standard InChI is InChI=1S/C11H12FNS/c1-11(2,3)14-9-5-4-8(7-13)10(12)6-9/h4-6H,1-3H3. The molecule has 0 bridgehead atoms. The molecule has 0 atom stereocenters. The molecule has 3 heteroatoms. The van der Waals surface area contributed by atoms with Gasteiger partial charge in [-0.05, 0) is 18.2 Å². The zero-order valence-corrected chi connectivity index (χ0v) is 9.28. The maximum atomic E-state index is 13.2. The van der Waals surface area contributed by atoms with Crippen LogP contribution in [0.25, 0.3) is 0 Å². The van der Waals surface area contributed by atoms with E-state index in [0.29, 0.717) is 0 Å². The van der Waals surface area contributed by atoms with Crippen LogP contribution in [-0.2, 0) is 0 Å². The molecule has 0 aliphatic carbocycles. The summed E-state index contributed by atoms with van der Waals surface area (Å²) in [5.74, 6) is -0.443. The van der Waals surface area contributed by atoms with Crippen molar-refractivity contribution in [1.82, 2.24) is 0 Å². The first-order chi connectivity index (χ1) is 6.42. The monoisotopic (exact) mass is 209 g/mol. The molecule has 0 aromatic heterocycles. The second kappa shape index (κ2) is 4.02. The van der Waals surface area contributed by atoms with E-state index in [0.717, 1.165) is 4.90 Å². The number of benzene rings is 1. The number of nitrogens with zero attached hydrogens (tertiary/aromatic N) is 1. The van der Waals surface area contributed by atoms with Crippen LogP contribution in [0.4, 0.5) is 4.39 Å². The summed E-state index contributed by atoms with van der Waals surface area (Å²) in [6, 6.07) is 6.50. The van der Waals surface area contributed by atoms with E-state index in [-0.39, 0.29) is 10.3 Å². The molecule has 1 aromatic rings. The van der Waals surface area contributed by atoms with Crippen LogP contribution < -0.4 is 0 Å². The van der Waals surface area contributed by atoms with Crippen LogP contribution in [0.2, 0.25) is 0 Å². The summed E-state index contributed by atoms with van der Waals surface area (Å²) in [7, 11) is 0. The first-order valence-electron chi connectivity index (χ1n) is 4.31. The Hall–Kier alpha value is -1.01. The average Bonchev–Trinajstić information content (AvgIpc) is 2.01. The first-order valence-corrected chi connectivity index (χ1v) is 5.13. The third-order valence-electron chi connectivity index (χ3n) is 1.49. The second-order valence-corrected chi connectivity index (χ2v) is 5.87. The molecule has 0 radical (unpaired) electrons. The highest BCUT2D eigenvalue weighted by Gasteiger charge is 2.13. The van der Waals surface area contributed by atoms with Crippen molar-refractivity contribution in [3.63, 3.8) is 0 Å². The number of hydrogen-bond acceptors (Lipinski definition) is 2. The van der Waals surface area contributed by atoms with E-state index in [2.05, 4.69) is 20.8 Å². The minimum absolute atomic E-state index is 0.0562. The summed E-state index contributed by atoms with van der Waals surface area (Å²) >= 11 is 1.58. The highest BCUT2D eigenvalue weighted by molar-refractivity contribution is 8.00. The first kappa shape index (κ1) is 11.1. The molecule has 1 nitrogen and oxygen atoms in total. The van der Waals surface area contributed by atoms with Crippen LogP contribution in [-0.4, -0.2) is 4.75 Å². The fourth-order valence-electron chi connectivity index (χ4n) is 1.00. The van der Waals surface area contributed by atoms with Crippen molar-refractivity contribution >= 4 is 11.8 Å². The van der Waals surface area contributed by atoms with Gasteiger partial charge in [-0.1, -0.05) is 20.8 Å². The van der Waals surface area contributed by atoms with Gasteiger partial charge in [0.25, 0.3) is 0 Å². The van der Waals surface area contributed by atoms with E-state index in [4.69, 9.17) is 5.26 Å². The summed E-state index contributed by atoms with van der Waals surface area (Å²) in [5, 5.41) is 8.55. The number of halogens is 1. The van der Waals surface area contributed by atoms with E-state index in [1.165, 1.54) is 12.1 Å². The number of nitriles is 1. The van der Waals surface area contributed by atoms with Gasteiger partial charge in [0.1, 0.15) is 11.9 Å². The lowest BCUT2D eigenvalue weighted by molar-refractivity contribution is 0.620. The van der Waals surface area contributed by atoms with Gasteiger partial charge < -0.3 is 0 Å². The van der Waals surface area contributed by atoms with Gasteiger partial charge in [0.15, 0.2) is 0 Å². The van der Waals surface area contributed by atoms with E-state index in [1.54, 1.807) is 23.9 Å². The van der Waals surface area contributed by atoms with Crippen molar-refractivity contribution < 1.29 is 4.39 Å². The second-order valence-electron chi connectivity index (χ2n) is 3.97. The number of thioether (sulfide) groups is 1. The van der Waals surface area contributed by atoms with Crippen LogP contribution in [0.1, 0.15) is 26.3 Å². The Bertz CT molecular complexity index is 374. The quantitative estimate of drug-likeness (QED) is 0.660. The van der Waals surface area contributed by atoms with Gasteiger partial charge in [-0.25, -0.2) is 4.39 Å². The fraction of sp³-hybridized carbons (Fsp3) is 0.364. The zero-order valence-electron chi connectivity index (χ0n) is 8.47. The van der Waals surface area contributed by atoms with Crippen molar-refractivity contribution in [3.05, 3.63) is 29.6 Å². The minimum atomic E-state index is -0.443. The molecule has 0 unspecified atom stereocenters. The molecular formula is C11H12FNS. The van der Waals surface area contributed by atoms with Gasteiger partial charge in [-0.3, -0.25) is 0 Å². The van der Waals surface area contributed by atoms with Crippen molar-refractivity contribution in [2.24, 2.45) is 0 Å². The molecule has 0 saturated carbocycles. The molecule has 0 amide bonds. The lowest BCUT2D eigenvalue weighted by Gasteiger charge is -2.17. The van der Waals surface area contributed by atoms with E-state index in [1.807, 2.05) is 0 Å². The molecule has 0 aliphatic rings. The van der Waals surface area contributed by atoms with E-state index < -0.39 is 5.82 Å². The molecule has 0 N–H and O–H groups in total. The summed E-state index contributed by atoms with van der Waals surface area (Å²) < 4.78 is 13.2. The molecule has 0 saturated heterocycles. The molecule has 0 fully saturated rings. The van der Waals surface area contributed by atoms with Gasteiger partial charge >= 0.3 is 0 Å². The molecule has 1 rings (SSSR count). The van der Waals surface area contributed by atoms with Crippen LogP contribution in [0.15, 0.2) is 23.1 Å². The zero-order chi connectivity index (χ0) is 10.8. The van der Waals surface area contributed by atoms with Crippen molar-refractivity contribution in [3.8, 4) is 6.07 Å². The summed E-state index contributed by atoms with van der Waals surface area (Å²) in [5.41, 5.74) is 0.100. The lowest BCUT2D eigenvalue weighted by Crippen LogP contribution is -2.06. The summed E-state index contributed by atoms with van der Waals surface area (Å²) in [4.78, 5) is 0.856. The normalized spacial score (nSPS) is 11.1. The molecular weight excluding hydrogens is 197 g/mol. The predicted molar refractivity (Wildman–Crippen MR) is 56.7 cm³/mol. The third kappa shape index (κ3) is 3.04. The van der Waals surface area contributed by atoms with Crippen LogP contribution in [0, 0.1) is 17.1 Å². The van der Waals surface area contributed by atoms with Crippen molar-refractivity contribution in [2.45, 2.75) is 30.4 Å². The highest BCUT2D eigenvalue weighted by Crippen LogP contribution is 2.32. The molecule has 14 heavy (non-hydrogen) atoms. The Balaban J connectivity index is 2.94. The Morgan fingerprint density at radius 1 is 1.36 bits per heavy atom. The van der Waals surface area contributed by atoms with Gasteiger partial charge in [0.2, 0.25) is 0 Å². The minimum Gasteiger partial charge on any atom is -0.206 e. The van der Waals surface area contributed by atoms with Crippen LogP contribution >= 0.6 is 11.8 Å².